The second-order valence-electron chi connectivity index (χ2n) is 14.4. The Balaban J connectivity index is 1.30. The molecule has 0 amide bonds. The number of hydrogen-bond donors (Lipinski definition) is 0. The van der Waals surface area contributed by atoms with Gasteiger partial charge in [-0.25, -0.2) is 4.99 Å². The van der Waals surface area contributed by atoms with Crippen LogP contribution < -0.4 is 0 Å². The summed E-state index contributed by atoms with van der Waals surface area (Å²) < 4.78 is 5.08. The van der Waals surface area contributed by atoms with Crippen LogP contribution in [-0.2, 0) is 0 Å². The van der Waals surface area contributed by atoms with Gasteiger partial charge in [0.25, 0.3) is 0 Å². The van der Waals surface area contributed by atoms with E-state index in [1.165, 1.54) is 63.4 Å². The number of benzene rings is 7. The van der Waals surface area contributed by atoms with Gasteiger partial charge in [-0.3, -0.25) is 4.99 Å². The van der Waals surface area contributed by atoms with E-state index in [9.17, 15) is 0 Å². The van der Waals surface area contributed by atoms with Crippen molar-refractivity contribution in [3.05, 3.63) is 199 Å². The van der Waals surface area contributed by atoms with E-state index in [0.29, 0.717) is 12.4 Å². The molecule has 0 saturated carbocycles. The number of hydrogen-bond acceptors (Lipinski definition) is 2. The maximum Gasteiger partial charge on any atom is 0.155 e. The lowest BCUT2D eigenvalue weighted by atomic mass is 9.94. The van der Waals surface area contributed by atoms with E-state index >= 15 is 0 Å². The molecule has 9 aromatic rings. The summed E-state index contributed by atoms with van der Waals surface area (Å²) >= 11 is 1.92. The fourth-order valence-corrected chi connectivity index (χ4v) is 9.81. The molecule has 0 aliphatic heterocycles. The molecular weight excluding hydrogens is 723 g/mol. The number of nitrogens with zero attached hydrogens (tertiary/aromatic N) is 3. The molecule has 0 saturated heterocycles. The molecular formula is C54H43N3S. The largest absolute Gasteiger partial charge is 0.309 e. The zero-order valence-electron chi connectivity index (χ0n) is 33.0. The van der Waals surface area contributed by atoms with Gasteiger partial charge in [-0.1, -0.05) is 165 Å². The summed E-state index contributed by atoms with van der Waals surface area (Å²) in [6.45, 7) is 14.9. The highest BCUT2D eigenvalue weighted by molar-refractivity contribution is 7.28. The fourth-order valence-electron chi connectivity index (χ4n) is 8.41. The molecule has 2 heterocycles. The Morgan fingerprint density at radius 1 is 0.655 bits per heavy atom. The Labute approximate surface area is 343 Å². The lowest BCUT2D eigenvalue weighted by Crippen LogP contribution is -2.05. The Bertz CT molecular complexity index is 3240. The molecule has 2 aromatic heterocycles. The summed E-state index contributed by atoms with van der Waals surface area (Å²) in [6, 6.07) is 45.7. The van der Waals surface area contributed by atoms with Gasteiger partial charge in [0.2, 0.25) is 0 Å². The highest BCUT2D eigenvalue weighted by Crippen LogP contribution is 2.51. The topological polar surface area (TPSA) is 29.6 Å². The second-order valence-corrected chi connectivity index (χ2v) is 15.4. The van der Waals surface area contributed by atoms with Crippen molar-refractivity contribution in [3.8, 4) is 5.69 Å². The summed E-state index contributed by atoms with van der Waals surface area (Å²) in [5, 5.41) is 11.4. The molecule has 0 unspecified atom stereocenters. The molecule has 7 aromatic carbocycles. The Hall–Kier alpha value is -6.88. The molecule has 280 valence electrons. The van der Waals surface area contributed by atoms with Crippen LogP contribution >= 0.6 is 11.3 Å². The lowest BCUT2D eigenvalue weighted by molar-refractivity contribution is 1.11. The molecule has 0 radical (unpaired) electrons. The van der Waals surface area contributed by atoms with Crippen LogP contribution in [0.25, 0.3) is 81.2 Å². The standard InChI is InChI=1S/C54H43N3S/c1-6-10-21-36(8-3)34-55-54(38-22-12-11-13-23-38)56-35(5)37-30-32-39(33-31-37)57-47(20-7-2)40(9-4)48-44-27-17-19-29-46(44)53-50(51(48)57)49-43-26-16-14-24-41(43)42-25-15-18-28-45(42)52(49)58-53/h6-33H,1,4,34H2,2-3,5H3/b20-7-,21-10-,36-8+,55-54?,56-35?. The van der Waals surface area contributed by atoms with Crippen molar-refractivity contribution < 1.29 is 0 Å². The summed E-state index contributed by atoms with van der Waals surface area (Å²) in [5.41, 5.74) is 8.52. The lowest BCUT2D eigenvalue weighted by Gasteiger charge is -2.13. The molecule has 58 heavy (non-hydrogen) atoms. The third-order valence-electron chi connectivity index (χ3n) is 11.1. The average Bonchev–Trinajstić information content (AvgIpc) is 3.84. The molecule has 4 heteroatoms. The van der Waals surface area contributed by atoms with E-state index in [0.717, 1.165) is 39.4 Å². The van der Waals surface area contributed by atoms with Gasteiger partial charge >= 0.3 is 0 Å². The van der Waals surface area contributed by atoms with Crippen LogP contribution in [0.5, 0.6) is 0 Å². The molecule has 0 bridgehead atoms. The predicted octanol–water partition coefficient (Wildman–Crippen LogP) is 15.1. The molecule has 3 nitrogen and oxygen atoms in total. The quantitative estimate of drug-likeness (QED) is 0.0606. The van der Waals surface area contributed by atoms with Crippen LogP contribution in [0.3, 0.4) is 0 Å². The van der Waals surface area contributed by atoms with Gasteiger partial charge in [-0.15, -0.1) is 11.3 Å². The number of amidine groups is 1. The van der Waals surface area contributed by atoms with Gasteiger partial charge < -0.3 is 4.57 Å². The normalized spacial score (nSPS) is 13.1. The van der Waals surface area contributed by atoms with E-state index in [2.05, 4.69) is 159 Å². The smallest absolute Gasteiger partial charge is 0.155 e. The summed E-state index contributed by atoms with van der Waals surface area (Å²) in [6.07, 6.45) is 14.2. The SMILES string of the molecule is C=C/C=C\C(=C/C)CN=C(N=C(C)c1ccc(-n2c(/C=C\C)c(C=C)c3c4ccccc4c4sc5c6ccccc6c6ccccc6c5c4c32)cc1)c1ccccc1. The Kier molecular flexibility index (Phi) is 9.86. The van der Waals surface area contributed by atoms with Crippen molar-refractivity contribution in [2.24, 2.45) is 9.98 Å². The number of rotatable bonds is 9. The van der Waals surface area contributed by atoms with Crippen LogP contribution in [0.4, 0.5) is 0 Å². The molecule has 0 N–H and O–H groups in total. The third-order valence-corrected chi connectivity index (χ3v) is 12.4. The first kappa shape index (κ1) is 36.7. The summed E-state index contributed by atoms with van der Waals surface area (Å²) in [4.78, 5) is 10.1. The van der Waals surface area contributed by atoms with Gasteiger partial charge in [0.15, 0.2) is 5.84 Å². The molecule has 0 spiro atoms. The minimum Gasteiger partial charge on any atom is -0.309 e. The average molecular weight is 766 g/mol. The Morgan fingerprint density at radius 2 is 1.24 bits per heavy atom. The fraction of sp³-hybridized carbons (Fsp3) is 0.0741. The number of aromatic nitrogens is 1. The van der Waals surface area contributed by atoms with E-state index in [-0.39, 0.29) is 0 Å². The van der Waals surface area contributed by atoms with Crippen molar-refractivity contribution in [1.29, 1.82) is 0 Å². The maximum atomic E-state index is 5.14. The predicted molar refractivity (Wildman–Crippen MR) is 257 cm³/mol. The summed E-state index contributed by atoms with van der Waals surface area (Å²) in [5.74, 6) is 0.703. The third kappa shape index (κ3) is 6.14. The van der Waals surface area contributed by atoms with Gasteiger partial charge in [-0.05, 0) is 71.7 Å². The highest BCUT2D eigenvalue weighted by atomic mass is 32.1. The molecule has 0 aliphatic rings. The van der Waals surface area contributed by atoms with E-state index in [4.69, 9.17) is 9.98 Å². The number of allylic oxidation sites excluding steroid dienone is 4. The molecule has 0 atom stereocenters. The number of thiophene rings is 1. The highest BCUT2D eigenvalue weighted by Gasteiger charge is 2.25. The first-order valence-electron chi connectivity index (χ1n) is 19.8. The van der Waals surface area contributed by atoms with Crippen LogP contribution in [0.2, 0.25) is 0 Å². The first-order valence-corrected chi connectivity index (χ1v) is 20.6. The van der Waals surface area contributed by atoms with Crippen LogP contribution in [0.1, 0.15) is 43.2 Å². The van der Waals surface area contributed by atoms with Crippen LogP contribution in [0.15, 0.2) is 186 Å². The zero-order chi connectivity index (χ0) is 39.8. The minimum absolute atomic E-state index is 0.520. The van der Waals surface area contributed by atoms with Gasteiger partial charge in [-0.2, -0.15) is 0 Å². The summed E-state index contributed by atoms with van der Waals surface area (Å²) in [7, 11) is 0. The Morgan fingerprint density at radius 3 is 1.88 bits per heavy atom. The zero-order valence-corrected chi connectivity index (χ0v) is 33.9. The first-order chi connectivity index (χ1) is 28.6. The number of fused-ring (bicyclic) bond motifs is 13. The van der Waals surface area contributed by atoms with E-state index in [1.54, 1.807) is 6.08 Å². The van der Waals surface area contributed by atoms with Gasteiger partial charge in [0.1, 0.15) is 0 Å². The van der Waals surface area contributed by atoms with Crippen molar-refractivity contribution in [2.45, 2.75) is 20.8 Å². The molecule has 9 rings (SSSR count). The second kappa shape index (κ2) is 15.6. The van der Waals surface area contributed by atoms with Crippen molar-refractivity contribution in [3.63, 3.8) is 0 Å². The number of aliphatic imine (C=N–C) groups is 2. The van der Waals surface area contributed by atoms with Crippen LogP contribution in [-0.4, -0.2) is 22.7 Å². The van der Waals surface area contributed by atoms with E-state index in [1.807, 2.05) is 54.7 Å². The van der Waals surface area contributed by atoms with Crippen molar-refractivity contribution in [1.82, 2.24) is 4.57 Å². The monoisotopic (exact) mass is 765 g/mol. The van der Waals surface area contributed by atoms with Gasteiger partial charge in [0.05, 0.1) is 17.8 Å². The van der Waals surface area contributed by atoms with Crippen LogP contribution in [0, 0.1) is 0 Å². The van der Waals surface area contributed by atoms with Gasteiger partial charge in [0, 0.05) is 58.9 Å². The minimum atomic E-state index is 0.520. The molecule has 0 fully saturated rings. The van der Waals surface area contributed by atoms with Crippen molar-refractivity contribution in [2.75, 3.05) is 6.54 Å². The maximum absolute atomic E-state index is 5.14. The van der Waals surface area contributed by atoms with E-state index < -0.39 is 0 Å². The van der Waals surface area contributed by atoms with Crippen molar-refractivity contribution >= 4 is 98.4 Å². The molecule has 0 aliphatic carbocycles.